The van der Waals surface area contributed by atoms with Gasteiger partial charge in [0.1, 0.15) is 23.2 Å². The number of methoxy groups -OCH3 is 1. The van der Waals surface area contributed by atoms with Crippen LogP contribution in [0.5, 0.6) is 0 Å². The molecule has 2 aliphatic heterocycles. The quantitative estimate of drug-likeness (QED) is 0.642. The zero-order valence-electron chi connectivity index (χ0n) is 19.0. The molecule has 0 saturated carbocycles. The number of esters is 1. The molecule has 2 aliphatic rings. The largest absolute Gasteiger partial charge is 0.467 e. The van der Waals surface area contributed by atoms with Crippen molar-refractivity contribution < 1.29 is 28.7 Å². The Kier molecular flexibility index (Phi) is 6.76. The summed E-state index contributed by atoms with van der Waals surface area (Å²) in [4.78, 5) is 52.4. The van der Waals surface area contributed by atoms with Gasteiger partial charge in [-0.1, -0.05) is 30.3 Å². The first-order chi connectivity index (χ1) is 15.1. The Bertz CT molecular complexity index is 881. The van der Waals surface area contributed by atoms with Gasteiger partial charge in [0.05, 0.1) is 7.11 Å². The van der Waals surface area contributed by atoms with E-state index in [4.69, 9.17) is 9.47 Å². The van der Waals surface area contributed by atoms with Crippen LogP contribution in [0.25, 0.3) is 0 Å². The number of ether oxygens (including phenoxy) is 2. The molecule has 0 aliphatic carbocycles. The molecule has 2 N–H and O–H groups in total. The third kappa shape index (κ3) is 5.03. The highest BCUT2D eigenvalue weighted by Gasteiger charge is 2.59. The van der Waals surface area contributed by atoms with Gasteiger partial charge in [0.2, 0.25) is 11.8 Å². The summed E-state index contributed by atoms with van der Waals surface area (Å²) in [5, 5.41) is 5.36. The predicted molar refractivity (Wildman–Crippen MR) is 116 cm³/mol. The molecule has 2 fully saturated rings. The van der Waals surface area contributed by atoms with Crippen LogP contribution in [-0.2, 0) is 30.3 Å². The van der Waals surface area contributed by atoms with Crippen molar-refractivity contribution in [1.29, 1.82) is 0 Å². The Morgan fingerprint density at radius 2 is 1.91 bits per heavy atom. The van der Waals surface area contributed by atoms with Crippen molar-refractivity contribution in [2.75, 3.05) is 13.7 Å². The number of nitrogens with one attached hydrogen (secondary N) is 2. The van der Waals surface area contributed by atoms with E-state index in [2.05, 4.69) is 10.6 Å². The highest BCUT2D eigenvalue weighted by atomic mass is 16.6. The zero-order valence-corrected chi connectivity index (χ0v) is 19.0. The van der Waals surface area contributed by atoms with E-state index in [0.29, 0.717) is 19.4 Å². The summed E-state index contributed by atoms with van der Waals surface area (Å²) in [6.45, 7) is 5.64. The molecule has 0 bridgehead atoms. The van der Waals surface area contributed by atoms with Crippen LogP contribution in [0.4, 0.5) is 4.79 Å². The fraction of sp³-hybridized carbons (Fsp3) is 0.565. The Morgan fingerprint density at radius 1 is 1.22 bits per heavy atom. The average molecular weight is 446 g/mol. The third-order valence-electron chi connectivity index (χ3n) is 5.77. The Hall–Kier alpha value is -3.10. The summed E-state index contributed by atoms with van der Waals surface area (Å²) in [7, 11) is 1.30. The van der Waals surface area contributed by atoms with Gasteiger partial charge >= 0.3 is 12.1 Å². The molecule has 0 radical (unpaired) electrons. The lowest BCUT2D eigenvalue weighted by molar-refractivity contribution is -0.155. The lowest BCUT2D eigenvalue weighted by atomic mass is 9.92. The van der Waals surface area contributed by atoms with Crippen molar-refractivity contribution in [3.63, 3.8) is 0 Å². The molecular weight excluding hydrogens is 414 g/mol. The molecular formula is C23H31N3O6. The van der Waals surface area contributed by atoms with Crippen LogP contribution < -0.4 is 10.6 Å². The fourth-order valence-corrected chi connectivity index (χ4v) is 4.40. The number of carbonyl (C=O) groups is 4. The van der Waals surface area contributed by atoms with Crippen molar-refractivity contribution in [3.8, 4) is 0 Å². The monoisotopic (exact) mass is 445 g/mol. The van der Waals surface area contributed by atoms with E-state index in [1.165, 1.54) is 12.0 Å². The number of amides is 3. The summed E-state index contributed by atoms with van der Waals surface area (Å²) < 4.78 is 10.3. The summed E-state index contributed by atoms with van der Waals surface area (Å²) in [5.41, 5.74) is -0.915. The first-order valence-corrected chi connectivity index (χ1v) is 10.8. The standard InChI is InChI=1S/C23H31N3O6/c1-22(2,3)32-21(30)25-16(13-15-9-6-5-7-10-15)18(27)24-17-14-23(20(29)31-4)11-8-12-26(23)19(17)28/h5-7,9-10,16-17H,8,11-14H2,1-4H3,(H,24,27)(H,25,30)/t16-,17-,23-/m0/s1. The lowest BCUT2D eigenvalue weighted by Gasteiger charge is -2.28. The van der Waals surface area contributed by atoms with E-state index in [1.807, 2.05) is 30.3 Å². The van der Waals surface area contributed by atoms with Crippen LogP contribution in [-0.4, -0.2) is 65.7 Å². The number of hydrogen-bond acceptors (Lipinski definition) is 6. The van der Waals surface area contributed by atoms with Gasteiger partial charge in [-0.3, -0.25) is 9.59 Å². The topological polar surface area (TPSA) is 114 Å². The van der Waals surface area contributed by atoms with Gasteiger partial charge in [-0.2, -0.15) is 0 Å². The van der Waals surface area contributed by atoms with Crippen LogP contribution >= 0.6 is 0 Å². The van der Waals surface area contributed by atoms with Gasteiger partial charge in [0.25, 0.3) is 0 Å². The van der Waals surface area contributed by atoms with E-state index in [-0.39, 0.29) is 18.7 Å². The fourth-order valence-electron chi connectivity index (χ4n) is 4.40. The Morgan fingerprint density at radius 3 is 2.53 bits per heavy atom. The van der Waals surface area contributed by atoms with E-state index < -0.39 is 41.2 Å². The normalized spacial score (nSPS) is 23.3. The van der Waals surface area contributed by atoms with Gasteiger partial charge < -0.3 is 25.0 Å². The Balaban J connectivity index is 1.75. The summed E-state index contributed by atoms with van der Waals surface area (Å²) in [6, 6.07) is 7.42. The maximum absolute atomic E-state index is 13.1. The Labute approximate surface area is 187 Å². The number of alkyl carbamates (subject to hydrolysis) is 1. The molecule has 0 aromatic heterocycles. The number of carbonyl (C=O) groups excluding carboxylic acids is 4. The SMILES string of the molecule is COC(=O)[C@@]12CCCN1C(=O)[C@@H](NC(=O)[C@H](Cc1ccccc1)NC(=O)OC(C)(C)C)C2. The molecule has 2 saturated heterocycles. The van der Waals surface area contributed by atoms with Gasteiger partial charge in [-0.05, 0) is 39.2 Å². The number of nitrogens with zero attached hydrogens (tertiary/aromatic N) is 1. The van der Waals surface area contributed by atoms with Crippen molar-refractivity contribution in [1.82, 2.24) is 15.5 Å². The average Bonchev–Trinajstić information content (AvgIpc) is 3.25. The second-order valence-electron chi connectivity index (χ2n) is 9.27. The number of benzene rings is 1. The minimum Gasteiger partial charge on any atom is -0.467 e. The molecule has 3 amide bonds. The molecule has 0 unspecified atom stereocenters. The summed E-state index contributed by atoms with van der Waals surface area (Å²) >= 11 is 0. The highest BCUT2D eigenvalue weighted by molar-refractivity contribution is 5.98. The van der Waals surface area contributed by atoms with Crippen molar-refractivity contribution in [2.45, 2.75) is 69.7 Å². The van der Waals surface area contributed by atoms with Crippen molar-refractivity contribution >= 4 is 23.9 Å². The van der Waals surface area contributed by atoms with Gasteiger partial charge in [0, 0.05) is 19.4 Å². The van der Waals surface area contributed by atoms with E-state index in [1.54, 1.807) is 20.8 Å². The maximum Gasteiger partial charge on any atom is 0.408 e. The van der Waals surface area contributed by atoms with Crippen LogP contribution in [0.2, 0.25) is 0 Å². The minimum absolute atomic E-state index is 0.148. The van der Waals surface area contributed by atoms with E-state index in [9.17, 15) is 19.2 Å². The minimum atomic E-state index is -1.03. The molecule has 9 nitrogen and oxygen atoms in total. The van der Waals surface area contributed by atoms with Crippen LogP contribution in [0.15, 0.2) is 30.3 Å². The molecule has 3 rings (SSSR count). The lowest BCUT2D eigenvalue weighted by Crippen LogP contribution is -2.53. The third-order valence-corrected chi connectivity index (χ3v) is 5.77. The molecule has 174 valence electrons. The molecule has 2 heterocycles. The van der Waals surface area contributed by atoms with Crippen LogP contribution in [0.3, 0.4) is 0 Å². The van der Waals surface area contributed by atoms with Gasteiger partial charge in [0.15, 0.2) is 0 Å². The zero-order chi connectivity index (χ0) is 23.5. The molecule has 9 heteroatoms. The molecule has 1 aromatic rings. The van der Waals surface area contributed by atoms with E-state index in [0.717, 1.165) is 5.56 Å². The van der Waals surface area contributed by atoms with Crippen molar-refractivity contribution in [2.24, 2.45) is 0 Å². The van der Waals surface area contributed by atoms with Crippen LogP contribution in [0, 0.1) is 0 Å². The van der Waals surface area contributed by atoms with E-state index >= 15 is 0 Å². The first-order valence-electron chi connectivity index (χ1n) is 10.8. The molecule has 3 atom stereocenters. The molecule has 32 heavy (non-hydrogen) atoms. The first kappa shape index (κ1) is 23.6. The second-order valence-corrected chi connectivity index (χ2v) is 9.27. The maximum atomic E-state index is 13.1. The number of fused-ring (bicyclic) bond motifs is 1. The van der Waals surface area contributed by atoms with Crippen LogP contribution in [0.1, 0.15) is 45.6 Å². The highest BCUT2D eigenvalue weighted by Crippen LogP contribution is 2.40. The summed E-state index contributed by atoms with van der Waals surface area (Å²) in [5.74, 6) is -1.29. The number of hydrogen-bond donors (Lipinski definition) is 2. The molecule has 1 aromatic carbocycles. The molecule has 0 spiro atoms. The number of rotatable bonds is 6. The summed E-state index contributed by atoms with van der Waals surface area (Å²) in [6.07, 6.45) is 0.852. The van der Waals surface area contributed by atoms with Gasteiger partial charge in [-0.15, -0.1) is 0 Å². The predicted octanol–water partition coefficient (Wildman–Crippen LogP) is 1.55. The van der Waals surface area contributed by atoms with Gasteiger partial charge in [-0.25, -0.2) is 9.59 Å². The van der Waals surface area contributed by atoms with Crippen molar-refractivity contribution in [3.05, 3.63) is 35.9 Å². The smallest absolute Gasteiger partial charge is 0.408 e. The second kappa shape index (κ2) is 9.18.